The molecular formula is C17H19NO2. The first-order chi connectivity index (χ1) is 9.70. The summed E-state index contributed by atoms with van der Waals surface area (Å²) in [4.78, 5) is 11.4. The summed E-state index contributed by atoms with van der Waals surface area (Å²) in [6, 6.07) is 17.4. The van der Waals surface area contributed by atoms with E-state index in [2.05, 4.69) is 24.4 Å². The van der Waals surface area contributed by atoms with Crippen molar-refractivity contribution in [3.8, 4) is 0 Å². The number of nitrogens with one attached hydrogen (secondary N) is 1. The Balaban J connectivity index is 2.04. The van der Waals surface area contributed by atoms with E-state index < -0.39 is 11.9 Å². The normalized spacial score (nSPS) is 11.8. The predicted octanol–water partition coefficient (Wildman–Crippen LogP) is 3.53. The van der Waals surface area contributed by atoms with Gasteiger partial charge in [0.05, 0.1) is 5.92 Å². The van der Waals surface area contributed by atoms with E-state index in [1.165, 1.54) is 5.56 Å². The summed E-state index contributed by atoms with van der Waals surface area (Å²) in [5.74, 6) is -1.35. The van der Waals surface area contributed by atoms with E-state index in [0.29, 0.717) is 6.54 Å². The number of hydrogen-bond acceptors (Lipinski definition) is 2. The smallest absolute Gasteiger partial charge is 0.312 e. The number of aryl methyl sites for hydroxylation is 1. The van der Waals surface area contributed by atoms with Crippen LogP contribution >= 0.6 is 0 Å². The highest BCUT2D eigenvalue weighted by Gasteiger charge is 2.19. The van der Waals surface area contributed by atoms with Gasteiger partial charge in [-0.1, -0.05) is 49.4 Å². The maximum Gasteiger partial charge on any atom is 0.312 e. The SMILES string of the molecule is CCc1ccc(NCC(C(=O)O)c2ccccc2)cc1. The van der Waals surface area contributed by atoms with Crippen molar-refractivity contribution in [3.63, 3.8) is 0 Å². The van der Waals surface area contributed by atoms with Gasteiger partial charge in [0.2, 0.25) is 0 Å². The molecule has 3 nitrogen and oxygen atoms in total. The monoisotopic (exact) mass is 269 g/mol. The molecule has 1 atom stereocenters. The van der Waals surface area contributed by atoms with Crippen LogP contribution in [0.25, 0.3) is 0 Å². The minimum atomic E-state index is -0.811. The van der Waals surface area contributed by atoms with Crippen LogP contribution in [0, 0.1) is 0 Å². The van der Waals surface area contributed by atoms with Crippen LogP contribution in [0.2, 0.25) is 0 Å². The molecule has 0 aromatic heterocycles. The van der Waals surface area contributed by atoms with Crippen molar-refractivity contribution in [3.05, 3.63) is 65.7 Å². The number of hydrogen-bond donors (Lipinski definition) is 2. The zero-order chi connectivity index (χ0) is 14.4. The molecule has 0 fully saturated rings. The standard InChI is InChI=1S/C17H19NO2/c1-2-13-8-10-15(11-9-13)18-12-16(17(19)20)14-6-4-3-5-7-14/h3-11,16,18H,2,12H2,1H3,(H,19,20). The topological polar surface area (TPSA) is 49.3 Å². The van der Waals surface area contributed by atoms with E-state index in [4.69, 9.17) is 0 Å². The lowest BCUT2D eigenvalue weighted by Crippen LogP contribution is -2.20. The molecule has 0 radical (unpaired) electrons. The molecule has 0 spiro atoms. The molecule has 20 heavy (non-hydrogen) atoms. The fourth-order valence-electron chi connectivity index (χ4n) is 2.11. The Morgan fingerprint density at radius 1 is 1.10 bits per heavy atom. The Bertz CT molecular complexity index is 549. The summed E-state index contributed by atoms with van der Waals surface area (Å²) in [5.41, 5.74) is 3.04. The molecule has 2 N–H and O–H groups in total. The van der Waals surface area contributed by atoms with Crippen LogP contribution in [0.15, 0.2) is 54.6 Å². The summed E-state index contributed by atoms with van der Waals surface area (Å²) in [5, 5.41) is 12.5. The van der Waals surface area contributed by atoms with E-state index in [-0.39, 0.29) is 0 Å². The van der Waals surface area contributed by atoms with Crippen molar-refractivity contribution in [2.75, 3.05) is 11.9 Å². The Morgan fingerprint density at radius 3 is 2.30 bits per heavy atom. The quantitative estimate of drug-likeness (QED) is 0.843. The van der Waals surface area contributed by atoms with Gasteiger partial charge in [-0.2, -0.15) is 0 Å². The van der Waals surface area contributed by atoms with Crippen molar-refractivity contribution < 1.29 is 9.90 Å². The second-order valence-corrected chi connectivity index (χ2v) is 4.73. The second-order valence-electron chi connectivity index (χ2n) is 4.73. The molecule has 0 aliphatic rings. The first kappa shape index (κ1) is 14.1. The number of anilines is 1. The molecule has 0 aliphatic heterocycles. The Morgan fingerprint density at radius 2 is 1.75 bits per heavy atom. The third-order valence-electron chi connectivity index (χ3n) is 3.37. The maximum atomic E-state index is 11.4. The summed E-state index contributed by atoms with van der Waals surface area (Å²) < 4.78 is 0. The van der Waals surface area contributed by atoms with Crippen LogP contribution in [0.3, 0.4) is 0 Å². The second kappa shape index (κ2) is 6.75. The third-order valence-corrected chi connectivity index (χ3v) is 3.37. The van der Waals surface area contributed by atoms with E-state index in [1.54, 1.807) is 0 Å². The van der Waals surface area contributed by atoms with Gasteiger partial charge in [-0.15, -0.1) is 0 Å². The van der Waals surface area contributed by atoms with Gasteiger partial charge in [0.25, 0.3) is 0 Å². The van der Waals surface area contributed by atoms with Gasteiger partial charge in [-0.25, -0.2) is 0 Å². The number of carbonyl (C=O) groups is 1. The summed E-state index contributed by atoms with van der Waals surface area (Å²) >= 11 is 0. The average molecular weight is 269 g/mol. The molecule has 0 aliphatic carbocycles. The molecular weight excluding hydrogens is 250 g/mol. The highest BCUT2D eigenvalue weighted by Crippen LogP contribution is 2.18. The van der Waals surface area contributed by atoms with E-state index in [1.807, 2.05) is 42.5 Å². The minimum absolute atomic E-state index is 0.380. The van der Waals surface area contributed by atoms with Crippen molar-refractivity contribution in [1.29, 1.82) is 0 Å². The number of carboxylic acid groups (broad SMARTS) is 1. The number of benzene rings is 2. The Hall–Kier alpha value is -2.29. The molecule has 0 bridgehead atoms. The van der Waals surface area contributed by atoms with E-state index >= 15 is 0 Å². The van der Waals surface area contributed by atoms with Crippen LogP contribution in [0.5, 0.6) is 0 Å². The van der Waals surface area contributed by atoms with Crippen molar-refractivity contribution >= 4 is 11.7 Å². The van der Waals surface area contributed by atoms with Gasteiger partial charge >= 0.3 is 5.97 Å². The van der Waals surface area contributed by atoms with Gasteiger partial charge in [0, 0.05) is 12.2 Å². The summed E-state index contributed by atoms with van der Waals surface area (Å²) in [6.45, 7) is 2.49. The van der Waals surface area contributed by atoms with Gasteiger partial charge in [-0.05, 0) is 29.7 Å². The van der Waals surface area contributed by atoms with E-state index in [9.17, 15) is 9.90 Å². The molecule has 1 unspecified atom stereocenters. The molecule has 3 heteroatoms. The molecule has 0 amide bonds. The first-order valence-electron chi connectivity index (χ1n) is 6.81. The van der Waals surface area contributed by atoms with Crippen LogP contribution in [0.1, 0.15) is 24.0 Å². The Labute approximate surface area is 119 Å². The fourth-order valence-corrected chi connectivity index (χ4v) is 2.11. The molecule has 0 saturated heterocycles. The van der Waals surface area contributed by atoms with Crippen LogP contribution in [0.4, 0.5) is 5.69 Å². The number of rotatable bonds is 6. The van der Waals surface area contributed by atoms with Crippen LogP contribution in [-0.2, 0) is 11.2 Å². The number of aliphatic carboxylic acids is 1. The fraction of sp³-hybridized carbons (Fsp3) is 0.235. The molecule has 0 heterocycles. The van der Waals surface area contributed by atoms with Crippen molar-refractivity contribution in [2.45, 2.75) is 19.3 Å². The zero-order valence-corrected chi connectivity index (χ0v) is 11.5. The molecule has 2 rings (SSSR count). The largest absolute Gasteiger partial charge is 0.481 e. The highest BCUT2D eigenvalue weighted by molar-refractivity contribution is 5.77. The minimum Gasteiger partial charge on any atom is -0.481 e. The third kappa shape index (κ3) is 3.60. The molecule has 104 valence electrons. The zero-order valence-electron chi connectivity index (χ0n) is 11.5. The Kier molecular flexibility index (Phi) is 4.77. The number of carboxylic acids is 1. The van der Waals surface area contributed by atoms with Gasteiger partial charge in [0.1, 0.15) is 0 Å². The lowest BCUT2D eigenvalue weighted by molar-refractivity contribution is -0.138. The molecule has 2 aromatic rings. The summed E-state index contributed by atoms with van der Waals surface area (Å²) in [7, 11) is 0. The average Bonchev–Trinajstić information content (AvgIpc) is 2.49. The van der Waals surface area contributed by atoms with Gasteiger partial charge < -0.3 is 10.4 Å². The van der Waals surface area contributed by atoms with Crippen LogP contribution in [-0.4, -0.2) is 17.6 Å². The lowest BCUT2D eigenvalue weighted by atomic mass is 9.99. The van der Waals surface area contributed by atoms with Crippen LogP contribution < -0.4 is 5.32 Å². The predicted molar refractivity (Wildman–Crippen MR) is 81.1 cm³/mol. The van der Waals surface area contributed by atoms with Gasteiger partial charge in [-0.3, -0.25) is 4.79 Å². The van der Waals surface area contributed by atoms with Gasteiger partial charge in [0.15, 0.2) is 0 Å². The summed E-state index contributed by atoms with van der Waals surface area (Å²) in [6.07, 6.45) is 1.00. The van der Waals surface area contributed by atoms with Crippen molar-refractivity contribution in [2.24, 2.45) is 0 Å². The maximum absolute atomic E-state index is 11.4. The lowest BCUT2D eigenvalue weighted by Gasteiger charge is -2.14. The highest BCUT2D eigenvalue weighted by atomic mass is 16.4. The van der Waals surface area contributed by atoms with Crippen molar-refractivity contribution in [1.82, 2.24) is 0 Å². The molecule has 2 aromatic carbocycles. The molecule has 0 saturated carbocycles. The van der Waals surface area contributed by atoms with E-state index in [0.717, 1.165) is 17.7 Å². The first-order valence-corrected chi connectivity index (χ1v) is 6.81.